The van der Waals surface area contributed by atoms with Crippen molar-refractivity contribution in [2.45, 2.75) is 6.92 Å². The predicted molar refractivity (Wildman–Crippen MR) is 76.9 cm³/mol. The van der Waals surface area contributed by atoms with E-state index in [0.29, 0.717) is 25.3 Å². The van der Waals surface area contributed by atoms with Gasteiger partial charge in [-0.2, -0.15) is 0 Å². The Morgan fingerprint density at radius 1 is 1.56 bits per heavy atom. The zero-order chi connectivity index (χ0) is 13.5. The molecule has 4 heteroatoms. The third-order valence-corrected chi connectivity index (χ3v) is 3.25. The Hall–Kier alpha value is -1.13. The molecule has 0 fully saturated rings. The van der Waals surface area contributed by atoms with Crippen molar-refractivity contribution in [1.82, 2.24) is 4.90 Å². The Kier molecular flexibility index (Phi) is 6.09. The van der Waals surface area contributed by atoms with Crippen LogP contribution in [0.2, 0.25) is 0 Å². The van der Waals surface area contributed by atoms with E-state index in [9.17, 15) is 4.79 Å². The molecule has 0 aliphatic carbocycles. The standard InChI is InChI=1S/C14H18BrNO2/c1-4-7-16(8-9-18-3)14(17)12-10-11(2)5-6-13(12)15/h4-6,10H,1,7-9H2,2-3H3. The first-order valence-electron chi connectivity index (χ1n) is 5.75. The van der Waals surface area contributed by atoms with Crippen LogP contribution in [0.3, 0.4) is 0 Å². The maximum absolute atomic E-state index is 12.4. The Bertz CT molecular complexity index is 432. The van der Waals surface area contributed by atoms with Crippen LogP contribution >= 0.6 is 15.9 Å². The summed E-state index contributed by atoms with van der Waals surface area (Å²) in [6.45, 7) is 7.24. The molecular formula is C14H18BrNO2. The number of hydrogen-bond acceptors (Lipinski definition) is 2. The van der Waals surface area contributed by atoms with Crippen molar-refractivity contribution in [3.8, 4) is 0 Å². The molecule has 0 heterocycles. The second-order valence-corrected chi connectivity index (χ2v) is 4.87. The summed E-state index contributed by atoms with van der Waals surface area (Å²) >= 11 is 3.41. The van der Waals surface area contributed by atoms with Gasteiger partial charge in [0.2, 0.25) is 0 Å². The molecule has 0 saturated heterocycles. The molecule has 0 unspecified atom stereocenters. The highest BCUT2D eigenvalue weighted by Crippen LogP contribution is 2.20. The minimum atomic E-state index is -0.0116. The van der Waals surface area contributed by atoms with Crippen molar-refractivity contribution in [3.05, 3.63) is 46.5 Å². The molecule has 0 atom stereocenters. The number of methoxy groups -OCH3 is 1. The zero-order valence-electron chi connectivity index (χ0n) is 10.8. The van der Waals surface area contributed by atoms with Crippen LogP contribution in [0.5, 0.6) is 0 Å². The van der Waals surface area contributed by atoms with E-state index < -0.39 is 0 Å². The van der Waals surface area contributed by atoms with Gasteiger partial charge in [-0.15, -0.1) is 6.58 Å². The number of nitrogens with zero attached hydrogens (tertiary/aromatic N) is 1. The van der Waals surface area contributed by atoms with Crippen LogP contribution in [0.4, 0.5) is 0 Å². The lowest BCUT2D eigenvalue weighted by Gasteiger charge is -2.21. The van der Waals surface area contributed by atoms with Gasteiger partial charge in [-0.1, -0.05) is 17.7 Å². The van der Waals surface area contributed by atoms with Gasteiger partial charge in [-0.25, -0.2) is 0 Å². The molecule has 1 amide bonds. The second kappa shape index (κ2) is 7.34. The van der Waals surface area contributed by atoms with Crippen LogP contribution in [0, 0.1) is 6.92 Å². The van der Waals surface area contributed by atoms with Gasteiger partial charge >= 0.3 is 0 Å². The molecule has 0 spiro atoms. The lowest BCUT2D eigenvalue weighted by molar-refractivity contribution is 0.0717. The molecule has 18 heavy (non-hydrogen) atoms. The first-order chi connectivity index (χ1) is 8.60. The molecule has 0 aliphatic heterocycles. The number of hydrogen-bond donors (Lipinski definition) is 0. The summed E-state index contributed by atoms with van der Waals surface area (Å²) in [5, 5.41) is 0. The highest BCUT2D eigenvalue weighted by molar-refractivity contribution is 9.10. The fourth-order valence-corrected chi connectivity index (χ4v) is 2.02. The monoisotopic (exact) mass is 311 g/mol. The van der Waals surface area contributed by atoms with Gasteiger partial charge in [0.25, 0.3) is 5.91 Å². The SMILES string of the molecule is C=CCN(CCOC)C(=O)c1cc(C)ccc1Br. The number of benzene rings is 1. The Labute approximate surface area is 117 Å². The lowest BCUT2D eigenvalue weighted by Crippen LogP contribution is -2.34. The van der Waals surface area contributed by atoms with Crippen molar-refractivity contribution < 1.29 is 9.53 Å². The van der Waals surface area contributed by atoms with Crippen LogP contribution in [0.15, 0.2) is 35.3 Å². The van der Waals surface area contributed by atoms with E-state index >= 15 is 0 Å². The smallest absolute Gasteiger partial charge is 0.255 e. The van der Waals surface area contributed by atoms with E-state index in [4.69, 9.17) is 4.74 Å². The molecule has 3 nitrogen and oxygen atoms in total. The van der Waals surface area contributed by atoms with E-state index in [0.717, 1.165) is 10.0 Å². The molecule has 0 aromatic heterocycles. The van der Waals surface area contributed by atoms with Crippen molar-refractivity contribution in [3.63, 3.8) is 0 Å². The van der Waals surface area contributed by atoms with Crippen LogP contribution in [-0.4, -0.2) is 37.6 Å². The van der Waals surface area contributed by atoms with Gasteiger partial charge in [-0.3, -0.25) is 4.79 Å². The molecule has 1 aromatic carbocycles. The minimum absolute atomic E-state index is 0.0116. The minimum Gasteiger partial charge on any atom is -0.383 e. The number of halogens is 1. The van der Waals surface area contributed by atoms with Gasteiger partial charge in [0.15, 0.2) is 0 Å². The third kappa shape index (κ3) is 3.96. The number of carbonyl (C=O) groups is 1. The van der Waals surface area contributed by atoms with Crippen molar-refractivity contribution in [2.24, 2.45) is 0 Å². The van der Waals surface area contributed by atoms with E-state index in [1.807, 2.05) is 25.1 Å². The number of aryl methyl sites for hydroxylation is 1. The van der Waals surface area contributed by atoms with Gasteiger partial charge in [0.1, 0.15) is 0 Å². The fourth-order valence-electron chi connectivity index (χ4n) is 1.61. The summed E-state index contributed by atoms with van der Waals surface area (Å²) in [7, 11) is 1.62. The molecule has 0 radical (unpaired) electrons. The molecule has 1 rings (SSSR count). The summed E-state index contributed by atoms with van der Waals surface area (Å²) in [6.07, 6.45) is 1.72. The maximum atomic E-state index is 12.4. The number of carbonyl (C=O) groups excluding carboxylic acids is 1. The lowest BCUT2D eigenvalue weighted by atomic mass is 10.1. The topological polar surface area (TPSA) is 29.5 Å². The van der Waals surface area contributed by atoms with E-state index in [-0.39, 0.29) is 5.91 Å². The van der Waals surface area contributed by atoms with Gasteiger partial charge < -0.3 is 9.64 Å². The third-order valence-electron chi connectivity index (χ3n) is 2.55. The number of amides is 1. The average molecular weight is 312 g/mol. The summed E-state index contributed by atoms with van der Waals surface area (Å²) in [5.74, 6) is -0.0116. The van der Waals surface area contributed by atoms with Crippen molar-refractivity contribution in [2.75, 3.05) is 26.8 Å². The Morgan fingerprint density at radius 2 is 2.28 bits per heavy atom. The summed E-state index contributed by atoms with van der Waals surface area (Å²) in [4.78, 5) is 14.1. The molecule has 1 aromatic rings. The normalized spacial score (nSPS) is 10.2. The molecule has 0 saturated carbocycles. The van der Waals surface area contributed by atoms with Gasteiger partial charge in [0, 0.05) is 24.7 Å². The quantitative estimate of drug-likeness (QED) is 0.756. The zero-order valence-corrected chi connectivity index (χ0v) is 12.4. The van der Waals surface area contributed by atoms with Crippen LogP contribution in [0.25, 0.3) is 0 Å². The predicted octanol–water partition coefficient (Wildman–Crippen LogP) is 3.03. The average Bonchev–Trinajstić information content (AvgIpc) is 2.36. The fraction of sp³-hybridized carbons (Fsp3) is 0.357. The first-order valence-corrected chi connectivity index (χ1v) is 6.54. The molecule has 98 valence electrons. The van der Waals surface area contributed by atoms with E-state index in [1.54, 1.807) is 18.1 Å². The molecule has 0 bridgehead atoms. The van der Waals surface area contributed by atoms with Crippen molar-refractivity contribution >= 4 is 21.8 Å². The maximum Gasteiger partial charge on any atom is 0.255 e. The Morgan fingerprint density at radius 3 is 2.89 bits per heavy atom. The molecule has 0 aliphatic rings. The summed E-state index contributed by atoms with van der Waals surface area (Å²) in [6, 6.07) is 5.74. The largest absolute Gasteiger partial charge is 0.383 e. The summed E-state index contributed by atoms with van der Waals surface area (Å²) < 4.78 is 5.83. The van der Waals surface area contributed by atoms with Crippen LogP contribution < -0.4 is 0 Å². The van der Waals surface area contributed by atoms with Crippen LogP contribution in [-0.2, 0) is 4.74 Å². The highest BCUT2D eigenvalue weighted by atomic mass is 79.9. The molecule has 0 N–H and O–H groups in total. The molecular weight excluding hydrogens is 294 g/mol. The summed E-state index contributed by atoms with van der Waals surface area (Å²) in [5.41, 5.74) is 1.74. The number of rotatable bonds is 6. The van der Waals surface area contributed by atoms with E-state index in [2.05, 4.69) is 22.5 Å². The number of ether oxygens (including phenoxy) is 1. The second-order valence-electron chi connectivity index (χ2n) is 4.02. The Balaban J connectivity index is 2.93. The van der Waals surface area contributed by atoms with Crippen molar-refractivity contribution in [1.29, 1.82) is 0 Å². The first kappa shape index (κ1) is 14.9. The highest BCUT2D eigenvalue weighted by Gasteiger charge is 2.17. The van der Waals surface area contributed by atoms with Gasteiger partial charge in [-0.05, 0) is 35.0 Å². The van der Waals surface area contributed by atoms with E-state index in [1.165, 1.54) is 0 Å². The van der Waals surface area contributed by atoms with Gasteiger partial charge in [0.05, 0.1) is 12.2 Å². The van der Waals surface area contributed by atoms with Crippen LogP contribution in [0.1, 0.15) is 15.9 Å².